The lowest BCUT2D eigenvalue weighted by molar-refractivity contribution is -0.138. The highest BCUT2D eigenvalue weighted by Crippen LogP contribution is 2.22. The van der Waals surface area contributed by atoms with E-state index in [1.165, 1.54) is 35.6 Å². The number of carboxylic acid groups (broad SMARTS) is 1. The number of aliphatic carboxylic acids is 1. The SMILES string of the molecule is O=C(O)C(Cc1nccs1)c1ccc(F)cc1. The van der Waals surface area contributed by atoms with E-state index in [0.717, 1.165) is 5.01 Å². The topological polar surface area (TPSA) is 50.2 Å². The van der Waals surface area contributed by atoms with Gasteiger partial charge in [0.15, 0.2) is 0 Å². The van der Waals surface area contributed by atoms with E-state index in [-0.39, 0.29) is 5.82 Å². The molecule has 88 valence electrons. The Kier molecular flexibility index (Phi) is 3.49. The first-order valence-electron chi connectivity index (χ1n) is 5.03. The van der Waals surface area contributed by atoms with Crippen molar-refractivity contribution in [3.8, 4) is 0 Å². The molecule has 2 rings (SSSR count). The Hall–Kier alpha value is -1.75. The fourth-order valence-electron chi connectivity index (χ4n) is 1.57. The molecule has 17 heavy (non-hydrogen) atoms. The van der Waals surface area contributed by atoms with Crippen molar-refractivity contribution in [2.45, 2.75) is 12.3 Å². The summed E-state index contributed by atoms with van der Waals surface area (Å²) in [6, 6.07) is 5.55. The lowest BCUT2D eigenvalue weighted by atomic mass is 9.96. The van der Waals surface area contributed by atoms with Gasteiger partial charge in [0.1, 0.15) is 5.82 Å². The van der Waals surface area contributed by atoms with Crippen molar-refractivity contribution in [2.24, 2.45) is 0 Å². The van der Waals surface area contributed by atoms with Gasteiger partial charge in [0, 0.05) is 18.0 Å². The molecule has 0 saturated heterocycles. The molecule has 0 aliphatic rings. The quantitative estimate of drug-likeness (QED) is 0.908. The van der Waals surface area contributed by atoms with Crippen molar-refractivity contribution in [3.63, 3.8) is 0 Å². The van der Waals surface area contributed by atoms with E-state index in [4.69, 9.17) is 0 Å². The maximum absolute atomic E-state index is 12.8. The Bertz CT molecular complexity index is 496. The van der Waals surface area contributed by atoms with Gasteiger partial charge in [-0.2, -0.15) is 0 Å². The molecule has 3 nitrogen and oxygen atoms in total. The van der Waals surface area contributed by atoms with Gasteiger partial charge in [0.05, 0.1) is 10.9 Å². The fraction of sp³-hybridized carbons (Fsp3) is 0.167. The minimum absolute atomic E-state index is 0.332. The van der Waals surface area contributed by atoms with Crippen LogP contribution in [0, 0.1) is 5.82 Å². The molecule has 1 unspecified atom stereocenters. The van der Waals surface area contributed by atoms with Crippen LogP contribution in [-0.2, 0) is 11.2 Å². The summed E-state index contributed by atoms with van der Waals surface area (Å²) in [4.78, 5) is 15.3. The summed E-state index contributed by atoms with van der Waals surface area (Å²) in [5.41, 5.74) is 0.592. The largest absolute Gasteiger partial charge is 0.481 e. The highest BCUT2D eigenvalue weighted by atomic mass is 32.1. The number of thiazole rings is 1. The number of carboxylic acids is 1. The molecule has 0 aliphatic heterocycles. The second kappa shape index (κ2) is 5.05. The number of benzene rings is 1. The van der Waals surface area contributed by atoms with Gasteiger partial charge in [-0.3, -0.25) is 4.79 Å². The van der Waals surface area contributed by atoms with Crippen LogP contribution in [0.3, 0.4) is 0 Å². The van der Waals surface area contributed by atoms with Gasteiger partial charge in [-0.05, 0) is 17.7 Å². The van der Waals surface area contributed by atoms with Crippen LogP contribution < -0.4 is 0 Å². The smallest absolute Gasteiger partial charge is 0.311 e. The van der Waals surface area contributed by atoms with Crippen molar-refractivity contribution in [1.82, 2.24) is 4.98 Å². The zero-order chi connectivity index (χ0) is 12.3. The number of aromatic nitrogens is 1. The van der Waals surface area contributed by atoms with E-state index in [1.807, 2.05) is 0 Å². The molecule has 0 aliphatic carbocycles. The van der Waals surface area contributed by atoms with Crippen molar-refractivity contribution >= 4 is 17.3 Å². The molecule has 0 amide bonds. The highest BCUT2D eigenvalue weighted by molar-refractivity contribution is 7.09. The average molecular weight is 251 g/mol. The van der Waals surface area contributed by atoms with Crippen molar-refractivity contribution in [3.05, 3.63) is 52.2 Å². The number of nitrogens with zero attached hydrogens (tertiary/aromatic N) is 1. The molecule has 1 N–H and O–H groups in total. The summed E-state index contributed by atoms with van der Waals surface area (Å²) in [7, 11) is 0. The maximum Gasteiger partial charge on any atom is 0.311 e. The average Bonchev–Trinajstić information content (AvgIpc) is 2.80. The zero-order valence-corrected chi connectivity index (χ0v) is 9.65. The normalized spacial score (nSPS) is 12.3. The van der Waals surface area contributed by atoms with Gasteiger partial charge in [0.2, 0.25) is 0 Å². The Morgan fingerprint density at radius 3 is 2.65 bits per heavy atom. The van der Waals surface area contributed by atoms with Crippen molar-refractivity contribution in [2.75, 3.05) is 0 Å². The number of halogens is 1. The van der Waals surface area contributed by atoms with Gasteiger partial charge in [-0.25, -0.2) is 9.37 Å². The van der Waals surface area contributed by atoms with Crippen LogP contribution in [0.25, 0.3) is 0 Å². The summed E-state index contributed by atoms with van der Waals surface area (Å²) in [5, 5.41) is 11.7. The third-order valence-electron chi connectivity index (χ3n) is 2.43. The summed E-state index contributed by atoms with van der Waals surface area (Å²) in [6.45, 7) is 0. The van der Waals surface area contributed by atoms with Gasteiger partial charge in [-0.1, -0.05) is 12.1 Å². The van der Waals surface area contributed by atoms with E-state index in [9.17, 15) is 14.3 Å². The maximum atomic E-state index is 12.8. The molecule has 1 aromatic carbocycles. The number of carbonyl (C=O) groups is 1. The van der Waals surface area contributed by atoms with Gasteiger partial charge >= 0.3 is 5.97 Å². The molecule has 1 aromatic heterocycles. The molecule has 1 atom stereocenters. The minimum atomic E-state index is -0.924. The molecule has 0 spiro atoms. The Labute approximate surface area is 102 Å². The van der Waals surface area contributed by atoms with E-state index in [2.05, 4.69) is 4.98 Å². The van der Waals surface area contributed by atoms with Crippen molar-refractivity contribution < 1.29 is 14.3 Å². The summed E-state index contributed by atoms with van der Waals surface area (Å²) >= 11 is 1.42. The van der Waals surface area contributed by atoms with Crippen molar-refractivity contribution in [1.29, 1.82) is 0 Å². The van der Waals surface area contributed by atoms with E-state index >= 15 is 0 Å². The van der Waals surface area contributed by atoms with Gasteiger partial charge in [0.25, 0.3) is 0 Å². The third kappa shape index (κ3) is 2.88. The third-order valence-corrected chi connectivity index (χ3v) is 3.23. The van der Waals surface area contributed by atoms with E-state index in [0.29, 0.717) is 12.0 Å². The van der Waals surface area contributed by atoms with Gasteiger partial charge in [-0.15, -0.1) is 11.3 Å². The molecule has 1 heterocycles. The van der Waals surface area contributed by atoms with Gasteiger partial charge < -0.3 is 5.11 Å². The monoisotopic (exact) mass is 251 g/mol. The second-order valence-electron chi connectivity index (χ2n) is 3.57. The molecule has 0 fully saturated rings. The van der Waals surface area contributed by atoms with Crippen LogP contribution in [-0.4, -0.2) is 16.1 Å². The molecular formula is C12H10FNO2S. The van der Waals surface area contributed by atoms with E-state index in [1.54, 1.807) is 11.6 Å². The molecule has 0 radical (unpaired) electrons. The second-order valence-corrected chi connectivity index (χ2v) is 4.55. The predicted octanol–water partition coefficient (Wildman–Crippen LogP) is 2.69. The standard InChI is InChI=1S/C12H10FNO2S/c13-9-3-1-8(2-4-9)10(12(15)16)7-11-14-5-6-17-11/h1-6,10H,7H2,(H,15,16). The zero-order valence-electron chi connectivity index (χ0n) is 8.84. The Morgan fingerprint density at radius 2 is 2.12 bits per heavy atom. The lowest BCUT2D eigenvalue weighted by Crippen LogP contribution is -2.14. The first-order valence-corrected chi connectivity index (χ1v) is 5.91. The molecule has 5 heteroatoms. The minimum Gasteiger partial charge on any atom is -0.481 e. The fourth-order valence-corrected chi connectivity index (χ4v) is 2.23. The van der Waals surface area contributed by atoms with Crippen LogP contribution in [0.5, 0.6) is 0 Å². The van der Waals surface area contributed by atoms with E-state index < -0.39 is 11.9 Å². The van der Waals surface area contributed by atoms with Crippen LogP contribution in [0.1, 0.15) is 16.5 Å². The molecule has 0 saturated carbocycles. The molecule has 2 aromatic rings. The lowest BCUT2D eigenvalue weighted by Gasteiger charge is -2.10. The summed E-state index contributed by atoms with van der Waals surface area (Å²) in [6.07, 6.45) is 1.97. The first-order chi connectivity index (χ1) is 8.16. The number of hydrogen-bond acceptors (Lipinski definition) is 3. The molecule has 0 bridgehead atoms. The summed E-state index contributed by atoms with van der Waals surface area (Å²) < 4.78 is 12.8. The number of rotatable bonds is 4. The Balaban J connectivity index is 2.23. The predicted molar refractivity (Wildman–Crippen MR) is 62.6 cm³/mol. The van der Waals surface area contributed by atoms with Crippen LogP contribution in [0.15, 0.2) is 35.8 Å². The summed E-state index contributed by atoms with van der Waals surface area (Å²) in [5.74, 6) is -1.97. The first kappa shape index (κ1) is 11.7. The van der Waals surface area contributed by atoms with Crippen LogP contribution in [0.4, 0.5) is 4.39 Å². The highest BCUT2D eigenvalue weighted by Gasteiger charge is 2.21. The van der Waals surface area contributed by atoms with Crippen LogP contribution >= 0.6 is 11.3 Å². The molecular weight excluding hydrogens is 241 g/mol. The number of hydrogen-bond donors (Lipinski definition) is 1. The van der Waals surface area contributed by atoms with Crippen LogP contribution in [0.2, 0.25) is 0 Å². The Morgan fingerprint density at radius 1 is 1.41 bits per heavy atom.